The number of carbonyl (C=O) groups excluding carboxylic acids is 2. The molecule has 0 aliphatic rings. The Morgan fingerprint density at radius 1 is 0.357 bits per heavy atom. The molecule has 2 unspecified atom stereocenters. The van der Waals surface area contributed by atoms with Crippen molar-refractivity contribution < 1.29 is 24.2 Å². The van der Waals surface area contributed by atoms with E-state index in [9.17, 15) is 14.7 Å². The van der Waals surface area contributed by atoms with Crippen molar-refractivity contribution in [1.82, 2.24) is 4.90 Å². The average Bonchev–Trinajstić information content (AvgIpc) is 3.36. The van der Waals surface area contributed by atoms with Gasteiger partial charge in [-0.15, -0.1) is 0 Å². The minimum absolute atomic E-state index is 0.0560. The molecule has 0 radical (unpaired) electrons. The summed E-state index contributed by atoms with van der Waals surface area (Å²) in [5.41, 5.74) is 0. The second kappa shape index (κ2) is 58.3. The van der Waals surface area contributed by atoms with Crippen molar-refractivity contribution >= 4 is 11.9 Å². The number of esters is 2. The van der Waals surface area contributed by atoms with E-state index in [4.69, 9.17) is 9.47 Å². The van der Waals surface area contributed by atoms with Gasteiger partial charge in [-0.2, -0.15) is 0 Å². The number of nitrogens with zero attached hydrogens (tertiary/aromatic N) is 1. The molecular formula is C64H125NO5. The summed E-state index contributed by atoms with van der Waals surface area (Å²) >= 11 is 0. The number of unbranched alkanes of at least 4 members (excludes halogenated alkanes) is 38. The van der Waals surface area contributed by atoms with E-state index in [0.29, 0.717) is 13.2 Å². The molecule has 0 aromatic carbocycles. The molecule has 0 amide bonds. The topological polar surface area (TPSA) is 76.1 Å². The van der Waals surface area contributed by atoms with Gasteiger partial charge in [0.05, 0.1) is 25.0 Å². The lowest BCUT2D eigenvalue weighted by atomic mass is 9.94. The highest BCUT2D eigenvalue weighted by Gasteiger charge is 2.20. The van der Waals surface area contributed by atoms with Gasteiger partial charge in [0.1, 0.15) is 0 Å². The maximum atomic E-state index is 13.3. The summed E-state index contributed by atoms with van der Waals surface area (Å²) in [6.07, 6.45) is 64.9. The van der Waals surface area contributed by atoms with Crippen LogP contribution in [0.3, 0.4) is 0 Å². The van der Waals surface area contributed by atoms with Gasteiger partial charge in [0.15, 0.2) is 0 Å². The maximum absolute atomic E-state index is 13.3. The molecular weight excluding hydrogens is 863 g/mol. The van der Waals surface area contributed by atoms with Crippen LogP contribution in [-0.2, 0) is 19.1 Å². The van der Waals surface area contributed by atoms with Crippen LogP contribution in [0.15, 0.2) is 12.3 Å². The first-order chi connectivity index (χ1) is 34.5. The summed E-state index contributed by atoms with van der Waals surface area (Å²) in [6.45, 7) is 12.4. The van der Waals surface area contributed by atoms with Gasteiger partial charge in [-0.3, -0.25) is 9.59 Å². The number of allylic oxidation sites excluding steroid dienone is 1. The predicted octanol–water partition coefficient (Wildman–Crippen LogP) is 20.3. The maximum Gasteiger partial charge on any atom is 0.308 e. The minimum Gasteiger partial charge on any atom is -0.465 e. The molecule has 0 saturated carbocycles. The van der Waals surface area contributed by atoms with Crippen LogP contribution in [-0.4, -0.2) is 54.9 Å². The molecule has 0 heterocycles. The van der Waals surface area contributed by atoms with Crippen LogP contribution in [0.4, 0.5) is 0 Å². The zero-order chi connectivity index (χ0) is 50.9. The smallest absolute Gasteiger partial charge is 0.308 e. The van der Waals surface area contributed by atoms with E-state index in [2.05, 4.69) is 44.9 Å². The molecule has 0 saturated heterocycles. The monoisotopic (exact) mass is 988 g/mol. The van der Waals surface area contributed by atoms with Gasteiger partial charge >= 0.3 is 11.9 Å². The van der Waals surface area contributed by atoms with E-state index < -0.39 is 0 Å². The molecule has 2 atom stereocenters. The first kappa shape index (κ1) is 68.4. The summed E-state index contributed by atoms with van der Waals surface area (Å²) in [4.78, 5) is 29.0. The van der Waals surface area contributed by atoms with E-state index in [1.54, 1.807) is 0 Å². The highest BCUT2D eigenvalue weighted by molar-refractivity contribution is 5.72. The van der Waals surface area contributed by atoms with Gasteiger partial charge in [-0.05, 0) is 83.2 Å². The van der Waals surface area contributed by atoms with Gasteiger partial charge in [0.25, 0.3) is 0 Å². The summed E-state index contributed by atoms with van der Waals surface area (Å²) in [5.74, 6) is 0.270. The number of rotatable bonds is 59. The molecule has 0 rings (SSSR count). The molecule has 0 bridgehead atoms. The number of hydrogen-bond acceptors (Lipinski definition) is 6. The number of aliphatic hydroxyl groups is 1. The molecule has 0 aliphatic heterocycles. The van der Waals surface area contributed by atoms with Crippen LogP contribution in [0.2, 0.25) is 0 Å². The normalized spacial score (nSPS) is 12.5. The highest BCUT2D eigenvalue weighted by atomic mass is 16.5. The Morgan fingerprint density at radius 3 is 0.957 bits per heavy atom. The van der Waals surface area contributed by atoms with Crippen molar-refractivity contribution in [1.29, 1.82) is 0 Å². The second-order valence-corrected chi connectivity index (χ2v) is 22.0. The van der Waals surface area contributed by atoms with E-state index in [1.807, 2.05) is 0 Å². The van der Waals surface area contributed by atoms with E-state index in [1.165, 1.54) is 205 Å². The Morgan fingerprint density at radius 2 is 0.629 bits per heavy atom. The number of ether oxygens (including phenoxy) is 2. The fraction of sp³-hybridized carbons (Fsp3) is 0.938. The average molecular weight is 989 g/mol. The molecule has 416 valence electrons. The zero-order valence-electron chi connectivity index (χ0n) is 48.0. The highest BCUT2D eigenvalue weighted by Crippen LogP contribution is 2.24. The minimum atomic E-state index is 0.0560. The lowest BCUT2D eigenvalue weighted by molar-refractivity contribution is -0.150. The molecule has 1 N–H and O–H groups in total. The van der Waals surface area contributed by atoms with Gasteiger partial charge < -0.3 is 19.5 Å². The van der Waals surface area contributed by atoms with Crippen LogP contribution in [0.1, 0.15) is 342 Å². The van der Waals surface area contributed by atoms with Crippen LogP contribution < -0.4 is 0 Å². The van der Waals surface area contributed by atoms with Crippen molar-refractivity contribution in [3.8, 4) is 0 Å². The summed E-state index contributed by atoms with van der Waals surface area (Å²) in [5, 5.41) is 9.43. The third-order valence-electron chi connectivity index (χ3n) is 15.1. The van der Waals surface area contributed by atoms with E-state index >= 15 is 0 Å². The van der Waals surface area contributed by atoms with Crippen molar-refractivity contribution in [2.24, 2.45) is 11.8 Å². The van der Waals surface area contributed by atoms with Crippen LogP contribution in [0.5, 0.6) is 0 Å². The molecule has 0 aliphatic carbocycles. The molecule has 0 aromatic rings. The van der Waals surface area contributed by atoms with Crippen LogP contribution >= 0.6 is 0 Å². The standard InChI is InChI=1S/C64H125NO5/c1-5-9-13-17-21-25-27-31-35-43-53-61(51-41-33-29-23-19-15-11-7-3)63(67)69-59-49-39-37-45-55-65(57-47-48-58-66)56-46-38-40-50-60-70-64(68)62(52-42-34-30-24-20-16-12-8-4)54-44-36-32-28-26-22-18-14-10-6-2/h45,55,61-62,66H,5-44,46-54,56-60H2,1-4H3/b55-45+. The Labute approximate surface area is 438 Å². The zero-order valence-corrected chi connectivity index (χ0v) is 48.0. The Hall–Kier alpha value is -1.56. The van der Waals surface area contributed by atoms with Gasteiger partial charge in [0.2, 0.25) is 0 Å². The van der Waals surface area contributed by atoms with Crippen molar-refractivity contribution in [2.75, 3.05) is 32.9 Å². The van der Waals surface area contributed by atoms with Gasteiger partial charge in [-0.1, -0.05) is 271 Å². The summed E-state index contributed by atoms with van der Waals surface area (Å²) in [7, 11) is 0. The van der Waals surface area contributed by atoms with Gasteiger partial charge in [-0.25, -0.2) is 0 Å². The summed E-state index contributed by atoms with van der Waals surface area (Å²) in [6, 6.07) is 0. The fourth-order valence-electron chi connectivity index (χ4n) is 10.2. The number of carbonyl (C=O) groups is 2. The largest absolute Gasteiger partial charge is 0.465 e. The molecule has 70 heavy (non-hydrogen) atoms. The molecule has 0 fully saturated rings. The molecule has 0 spiro atoms. The predicted molar refractivity (Wildman–Crippen MR) is 306 cm³/mol. The van der Waals surface area contributed by atoms with E-state index in [-0.39, 0.29) is 30.4 Å². The molecule has 6 nitrogen and oxygen atoms in total. The fourth-order valence-corrected chi connectivity index (χ4v) is 10.2. The third kappa shape index (κ3) is 50.0. The first-order valence-corrected chi connectivity index (χ1v) is 31.9. The summed E-state index contributed by atoms with van der Waals surface area (Å²) < 4.78 is 11.9. The van der Waals surface area contributed by atoms with E-state index in [0.717, 1.165) is 122 Å². The lowest BCUT2D eigenvalue weighted by Gasteiger charge is -2.20. The SMILES string of the molecule is CCCCCCCCCCCCC(CCCCCCCCCC)C(=O)OCCCC/C=C/N(CCCCO)CCCCCCOC(=O)C(CCCCCCCCCC)CCCCCCCCCCCC. The number of hydrogen-bond donors (Lipinski definition) is 1. The first-order valence-electron chi connectivity index (χ1n) is 31.9. The van der Waals surface area contributed by atoms with Crippen LogP contribution in [0, 0.1) is 11.8 Å². The third-order valence-corrected chi connectivity index (χ3v) is 15.1. The van der Waals surface area contributed by atoms with Crippen molar-refractivity contribution in [2.45, 2.75) is 342 Å². The van der Waals surface area contributed by atoms with Crippen molar-refractivity contribution in [3.63, 3.8) is 0 Å². The Balaban J connectivity index is 4.66. The lowest BCUT2D eigenvalue weighted by Crippen LogP contribution is -2.20. The molecule has 6 heteroatoms. The molecule has 0 aromatic heterocycles. The van der Waals surface area contributed by atoms with Crippen LogP contribution in [0.25, 0.3) is 0 Å². The Kier molecular flexibility index (Phi) is 57.0. The quantitative estimate of drug-likeness (QED) is 0.0483. The number of aliphatic hydroxyl groups excluding tert-OH is 1. The second-order valence-electron chi connectivity index (χ2n) is 22.0. The van der Waals surface area contributed by atoms with Gasteiger partial charge in [0, 0.05) is 19.7 Å². The van der Waals surface area contributed by atoms with Crippen molar-refractivity contribution in [3.05, 3.63) is 12.3 Å². The Bertz CT molecular complexity index is 1060.